The van der Waals surface area contributed by atoms with Gasteiger partial charge in [0.15, 0.2) is 0 Å². The van der Waals surface area contributed by atoms with E-state index >= 15 is 0 Å². The Morgan fingerprint density at radius 3 is 2.44 bits per heavy atom. The van der Waals surface area contributed by atoms with Gasteiger partial charge in [-0.1, -0.05) is 33.6 Å². The predicted molar refractivity (Wildman–Crippen MR) is 80.1 cm³/mol. The van der Waals surface area contributed by atoms with Crippen molar-refractivity contribution in [3.05, 3.63) is 57.5 Å². The largest absolute Gasteiger partial charge is 0.398 e. The fraction of sp³-hybridized carbons (Fsp3) is 0.0769. The minimum Gasteiger partial charge on any atom is -0.398 e. The Morgan fingerprint density at radius 1 is 1.17 bits per heavy atom. The van der Waals surface area contributed by atoms with Gasteiger partial charge in [-0.3, -0.25) is 4.21 Å². The van der Waals surface area contributed by atoms with Crippen LogP contribution in [-0.4, -0.2) is 4.21 Å². The van der Waals surface area contributed by atoms with Crippen molar-refractivity contribution in [2.24, 2.45) is 0 Å². The molecule has 1 unspecified atom stereocenters. The molecule has 0 saturated heterocycles. The Labute approximate surface area is 122 Å². The maximum absolute atomic E-state index is 12.2. The highest BCUT2D eigenvalue weighted by Gasteiger charge is 2.08. The van der Waals surface area contributed by atoms with Crippen molar-refractivity contribution in [2.75, 3.05) is 5.73 Å². The zero-order valence-electron chi connectivity index (χ0n) is 9.40. The number of hydrogen-bond acceptors (Lipinski definition) is 2. The minimum absolute atomic E-state index is 0.393. The van der Waals surface area contributed by atoms with Gasteiger partial charge in [-0.25, -0.2) is 0 Å². The van der Waals surface area contributed by atoms with E-state index in [0.29, 0.717) is 16.5 Å². The van der Waals surface area contributed by atoms with Gasteiger partial charge in [0.05, 0.1) is 16.6 Å². The van der Waals surface area contributed by atoms with Crippen LogP contribution in [0.15, 0.2) is 51.8 Å². The summed E-state index contributed by atoms with van der Waals surface area (Å²) in [6.07, 6.45) is 0. The molecule has 2 nitrogen and oxygen atoms in total. The van der Waals surface area contributed by atoms with Gasteiger partial charge in [0.2, 0.25) is 0 Å². The predicted octanol–water partition coefficient (Wildman–Crippen LogP) is 3.99. The molecular formula is C13H11BrClNOS. The highest BCUT2D eigenvalue weighted by atomic mass is 79.9. The van der Waals surface area contributed by atoms with Gasteiger partial charge in [0.1, 0.15) is 0 Å². The van der Waals surface area contributed by atoms with Crippen molar-refractivity contribution < 1.29 is 4.21 Å². The topological polar surface area (TPSA) is 43.1 Å². The monoisotopic (exact) mass is 343 g/mol. The molecular weight excluding hydrogens is 334 g/mol. The molecule has 0 radical (unpaired) electrons. The molecule has 0 aliphatic carbocycles. The molecule has 0 fully saturated rings. The van der Waals surface area contributed by atoms with E-state index in [4.69, 9.17) is 17.3 Å². The summed E-state index contributed by atoms with van der Waals surface area (Å²) in [5, 5.41) is 0.589. The van der Waals surface area contributed by atoms with Crippen LogP contribution >= 0.6 is 27.5 Å². The molecule has 1 atom stereocenters. The highest BCUT2D eigenvalue weighted by molar-refractivity contribution is 9.10. The average molecular weight is 345 g/mol. The Balaban J connectivity index is 2.18. The van der Waals surface area contributed by atoms with Crippen molar-refractivity contribution in [1.82, 2.24) is 0 Å². The number of nitrogen functional groups attached to an aromatic ring is 1. The lowest BCUT2D eigenvalue weighted by atomic mass is 10.2. The smallest absolute Gasteiger partial charge is 0.0574 e. The Hall–Kier alpha value is -0.840. The summed E-state index contributed by atoms with van der Waals surface area (Å²) < 4.78 is 13.1. The summed E-state index contributed by atoms with van der Waals surface area (Å²) in [5.74, 6) is 0.393. The van der Waals surface area contributed by atoms with Crippen LogP contribution in [-0.2, 0) is 16.6 Å². The molecule has 0 aliphatic rings. The molecule has 2 rings (SSSR count). The SMILES string of the molecule is Nc1cc(Cl)ccc1CS(=O)c1ccc(Br)cc1. The number of hydrogen-bond donors (Lipinski definition) is 1. The Bertz CT molecular complexity index is 586. The first-order chi connectivity index (χ1) is 8.56. The van der Waals surface area contributed by atoms with Crippen LogP contribution in [0, 0.1) is 0 Å². The molecule has 0 heterocycles. The molecule has 0 saturated carbocycles. The molecule has 2 aromatic carbocycles. The zero-order valence-corrected chi connectivity index (χ0v) is 12.6. The van der Waals surface area contributed by atoms with Gasteiger partial charge in [-0.05, 0) is 42.0 Å². The molecule has 5 heteroatoms. The third kappa shape index (κ3) is 3.34. The lowest BCUT2D eigenvalue weighted by molar-refractivity contribution is 0.682. The normalized spacial score (nSPS) is 12.3. The fourth-order valence-corrected chi connectivity index (χ4v) is 3.10. The van der Waals surface area contributed by atoms with Crippen LogP contribution in [0.4, 0.5) is 5.69 Å². The fourth-order valence-electron chi connectivity index (χ4n) is 1.51. The lowest BCUT2D eigenvalue weighted by Gasteiger charge is -2.06. The van der Waals surface area contributed by atoms with E-state index in [1.807, 2.05) is 30.3 Å². The van der Waals surface area contributed by atoms with E-state index in [1.165, 1.54) is 0 Å². The van der Waals surface area contributed by atoms with Crippen LogP contribution < -0.4 is 5.73 Å². The number of nitrogens with two attached hydrogens (primary N) is 1. The van der Waals surface area contributed by atoms with Gasteiger partial charge >= 0.3 is 0 Å². The maximum Gasteiger partial charge on any atom is 0.0574 e. The summed E-state index contributed by atoms with van der Waals surface area (Å²) in [6.45, 7) is 0. The summed E-state index contributed by atoms with van der Waals surface area (Å²) in [5.41, 5.74) is 7.27. The van der Waals surface area contributed by atoms with Crippen molar-refractivity contribution in [3.63, 3.8) is 0 Å². The second kappa shape index (κ2) is 5.87. The van der Waals surface area contributed by atoms with E-state index in [-0.39, 0.29) is 0 Å². The van der Waals surface area contributed by atoms with E-state index in [9.17, 15) is 4.21 Å². The number of anilines is 1. The molecule has 2 aromatic rings. The van der Waals surface area contributed by atoms with Gasteiger partial charge < -0.3 is 5.73 Å². The average Bonchev–Trinajstić information content (AvgIpc) is 2.33. The van der Waals surface area contributed by atoms with Gasteiger partial charge in [-0.2, -0.15) is 0 Å². The van der Waals surface area contributed by atoms with Crippen LogP contribution in [0.25, 0.3) is 0 Å². The lowest BCUT2D eigenvalue weighted by Crippen LogP contribution is -2.00. The standard InChI is InChI=1S/C13H11BrClNOS/c14-10-2-5-12(6-3-10)18(17)8-9-1-4-11(15)7-13(9)16/h1-7H,8,16H2. The van der Waals surface area contributed by atoms with Crippen LogP contribution in [0.2, 0.25) is 5.02 Å². The zero-order chi connectivity index (χ0) is 13.1. The van der Waals surface area contributed by atoms with Crippen molar-refractivity contribution in [1.29, 1.82) is 0 Å². The molecule has 94 valence electrons. The van der Waals surface area contributed by atoms with E-state index in [2.05, 4.69) is 15.9 Å². The second-order valence-electron chi connectivity index (χ2n) is 3.79. The van der Waals surface area contributed by atoms with E-state index in [1.54, 1.807) is 12.1 Å². The van der Waals surface area contributed by atoms with E-state index in [0.717, 1.165) is 14.9 Å². The van der Waals surface area contributed by atoms with Crippen molar-refractivity contribution in [2.45, 2.75) is 10.6 Å². The van der Waals surface area contributed by atoms with Crippen molar-refractivity contribution >= 4 is 44.0 Å². The molecule has 0 spiro atoms. The molecule has 0 aromatic heterocycles. The van der Waals surface area contributed by atoms with Crippen LogP contribution in [0.5, 0.6) is 0 Å². The minimum atomic E-state index is -1.10. The molecule has 2 N–H and O–H groups in total. The summed E-state index contributed by atoms with van der Waals surface area (Å²) in [7, 11) is -1.10. The Morgan fingerprint density at radius 2 is 1.83 bits per heavy atom. The first-order valence-corrected chi connectivity index (χ1v) is 7.73. The third-order valence-electron chi connectivity index (χ3n) is 2.47. The van der Waals surface area contributed by atoms with Gasteiger partial charge in [-0.15, -0.1) is 0 Å². The number of benzene rings is 2. The third-order valence-corrected chi connectivity index (χ3v) is 4.61. The quantitative estimate of drug-likeness (QED) is 0.855. The highest BCUT2D eigenvalue weighted by Crippen LogP contribution is 2.22. The first kappa shape index (κ1) is 13.6. The molecule has 18 heavy (non-hydrogen) atoms. The summed E-state index contributed by atoms with van der Waals surface area (Å²) >= 11 is 9.17. The summed E-state index contributed by atoms with van der Waals surface area (Å²) in [4.78, 5) is 0.785. The number of halogens is 2. The van der Waals surface area contributed by atoms with Crippen molar-refractivity contribution in [3.8, 4) is 0 Å². The summed E-state index contributed by atoms with van der Waals surface area (Å²) in [6, 6.07) is 12.7. The van der Waals surface area contributed by atoms with Crippen LogP contribution in [0.3, 0.4) is 0 Å². The maximum atomic E-state index is 12.2. The van der Waals surface area contributed by atoms with Gasteiger partial charge in [0.25, 0.3) is 0 Å². The van der Waals surface area contributed by atoms with Gasteiger partial charge in [0, 0.05) is 20.1 Å². The molecule has 0 amide bonds. The Kier molecular flexibility index (Phi) is 4.43. The first-order valence-electron chi connectivity index (χ1n) is 5.24. The van der Waals surface area contributed by atoms with E-state index < -0.39 is 10.8 Å². The molecule has 0 aliphatic heterocycles. The second-order valence-corrected chi connectivity index (χ2v) is 6.59. The molecule has 0 bridgehead atoms. The van der Waals surface area contributed by atoms with Crippen LogP contribution in [0.1, 0.15) is 5.56 Å². The number of rotatable bonds is 3.